The number of nitro benzene ring substituents is 1. The number of nitrogens with zero attached hydrogens (tertiary/aromatic N) is 2. The van der Waals surface area contributed by atoms with Gasteiger partial charge in [-0.1, -0.05) is 48.5 Å². The van der Waals surface area contributed by atoms with E-state index >= 15 is 0 Å². The number of hydrogen-bond donors (Lipinski definition) is 1. The molecule has 0 unspecified atom stereocenters. The van der Waals surface area contributed by atoms with Crippen molar-refractivity contribution in [1.82, 2.24) is 5.32 Å². The molecule has 0 aliphatic rings. The maximum Gasteiger partial charge on any atom is 0.271 e. The number of fused-ring (bicyclic) bond motifs is 1. The van der Waals surface area contributed by atoms with Crippen molar-refractivity contribution in [1.29, 1.82) is 0 Å². The second-order valence-corrected chi connectivity index (χ2v) is 8.73. The number of anilines is 1. The zero-order valence-electron chi connectivity index (χ0n) is 16.5. The van der Waals surface area contributed by atoms with Gasteiger partial charge in [-0.2, -0.15) is 0 Å². The third-order valence-electron chi connectivity index (χ3n) is 4.72. The number of nitro groups is 1. The summed E-state index contributed by atoms with van der Waals surface area (Å²) in [6.07, 6.45) is 0.959. The van der Waals surface area contributed by atoms with E-state index < -0.39 is 26.9 Å². The molecule has 0 aliphatic carbocycles. The van der Waals surface area contributed by atoms with E-state index in [0.717, 1.165) is 33.0 Å². The molecule has 0 saturated carbocycles. The number of carbonyl (C=O) groups excluding carboxylic acids is 1. The van der Waals surface area contributed by atoms with E-state index in [1.165, 1.54) is 25.1 Å². The van der Waals surface area contributed by atoms with E-state index in [4.69, 9.17) is 0 Å². The SMILES string of the molecule is C[C@@H](C(=O)NCc1cccc2ccccc12)N(c1cccc([N+](=O)[O-])c1)S(C)(=O)=O. The Kier molecular flexibility index (Phi) is 6.02. The Morgan fingerprint density at radius 2 is 1.77 bits per heavy atom. The number of rotatable bonds is 7. The molecular formula is C21H21N3O5S. The Bertz CT molecular complexity index is 1200. The Morgan fingerprint density at radius 3 is 2.47 bits per heavy atom. The largest absolute Gasteiger partial charge is 0.350 e. The minimum atomic E-state index is -3.87. The number of sulfonamides is 1. The average Bonchev–Trinajstić information content (AvgIpc) is 2.71. The van der Waals surface area contributed by atoms with Gasteiger partial charge in [0.1, 0.15) is 6.04 Å². The molecule has 1 N–H and O–H groups in total. The minimum Gasteiger partial charge on any atom is -0.350 e. The van der Waals surface area contributed by atoms with Gasteiger partial charge in [-0.25, -0.2) is 8.42 Å². The van der Waals surface area contributed by atoms with Crippen LogP contribution >= 0.6 is 0 Å². The van der Waals surface area contributed by atoms with E-state index in [2.05, 4.69) is 5.32 Å². The molecule has 0 saturated heterocycles. The zero-order valence-corrected chi connectivity index (χ0v) is 17.3. The van der Waals surface area contributed by atoms with E-state index in [9.17, 15) is 23.3 Å². The van der Waals surface area contributed by atoms with Gasteiger partial charge in [-0.15, -0.1) is 0 Å². The molecule has 1 atom stereocenters. The molecule has 0 radical (unpaired) electrons. The minimum absolute atomic E-state index is 0.0551. The molecule has 0 fully saturated rings. The summed E-state index contributed by atoms with van der Waals surface area (Å²) in [4.78, 5) is 23.2. The van der Waals surface area contributed by atoms with E-state index in [0.29, 0.717) is 0 Å². The first-order chi connectivity index (χ1) is 14.2. The van der Waals surface area contributed by atoms with Gasteiger partial charge in [-0.05, 0) is 29.3 Å². The summed E-state index contributed by atoms with van der Waals surface area (Å²) in [7, 11) is -3.87. The molecule has 0 aliphatic heterocycles. The lowest BCUT2D eigenvalue weighted by atomic mass is 10.0. The van der Waals surface area contributed by atoms with Crippen molar-refractivity contribution in [3.63, 3.8) is 0 Å². The highest BCUT2D eigenvalue weighted by molar-refractivity contribution is 7.92. The van der Waals surface area contributed by atoms with Crippen LogP contribution in [0.5, 0.6) is 0 Å². The highest BCUT2D eigenvalue weighted by atomic mass is 32.2. The number of hydrogen-bond acceptors (Lipinski definition) is 5. The molecule has 3 aromatic carbocycles. The summed E-state index contributed by atoms with van der Waals surface area (Å²) in [5.41, 5.74) is 0.693. The molecule has 1 amide bonds. The van der Waals surface area contributed by atoms with Crippen LogP contribution in [0.15, 0.2) is 66.7 Å². The molecule has 156 valence electrons. The molecule has 8 nitrogen and oxygen atoms in total. The average molecular weight is 427 g/mol. The monoisotopic (exact) mass is 427 g/mol. The Labute approximate surface area is 174 Å². The fourth-order valence-corrected chi connectivity index (χ4v) is 4.50. The predicted molar refractivity (Wildman–Crippen MR) is 116 cm³/mol. The molecule has 0 heterocycles. The maximum absolute atomic E-state index is 12.8. The maximum atomic E-state index is 12.8. The number of non-ortho nitro benzene ring substituents is 1. The second kappa shape index (κ2) is 8.50. The lowest BCUT2D eigenvalue weighted by molar-refractivity contribution is -0.384. The number of amides is 1. The Morgan fingerprint density at radius 1 is 1.10 bits per heavy atom. The van der Waals surface area contributed by atoms with Crippen LogP contribution in [0, 0.1) is 10.1 Å². The smallest absolute Gasteiger partial charge is 0.271 e. The number of nitrogens with one attached hydrogen (secondary N) is 1. The first-order valence-electron chi connectivity index (χ1n) is 9.16. The van der Waals surface area contributed by atoms with Crippen LogP contribution in [0.2, 0.25) is 0 Å². The van der Waals surface area contributed by atoms with Crippen molar-refractivity contribution in [3.05, 3.63) is 82.4 Å². The van der Waals surface area contributed by atoms with Crippen molar-refractivity contribution in [2.24, 2.45) is 0 Å². The van der Waals surface area contributed by atoms with Crippen LogP contribution in [0.1, 0.15) is 12.5 Å². The molecule has 0 bridgehead atoms. The molecule has 3 aromatic rings. The molecule has 9 heteroatoms. The second-order valence-electron chi connectivity index (χ2n) is 6.87. The topological polar surface area (TPSA) is 110 Å². The molecular weight excluding hydrogens is 406 g/mol. The van der Waals surface area contributed by atoms with Gasteiger partial charge in [-0.3, -0.25) is 19.2 Å². The Hall–Kier alpha value is -3.46. The Balaban J connectivity index is 1.84. The van der Waals surface area contributed by atoms with Crippen LogP contribution in [-0.2, 0) is 21.4 Å². The highest BCUT2D eigenvalue weighted by Gasteiger charge is 2.30. The summed E-state index contributed by atoms with van der Waals surface area (Å²) in [5.74, 6) is -0.514. The van der Waals surface area contributed by atoms with Crippen molar-refractivity contribution < 1.29 is 18.1 Å². The van der Waals surface area contributed by atoms with Crippen LogP contribution in [0.3, 0.4) is 0 Å². The summed E-state index contributed by atoms with van der Waals surface area (Å²) in [5, 5.41) is 15.9. The molecule has 3 rings (SSSR count). The van der Waals surface area contributed by atoms with Crippen LogP contribution < -0.4 is 9.62 Å². The summed E-state index contributed by atoms with van der Waals surface area (Å²) < 4.78 is 25.7. The first kappa shape index (κ1) is 21.3. The van der Waals surface area contributed by atoms with Gasteiger partial charge in [0.2, 0.25) is 15.9 Å². The molecule has 0 aromatic heterocycles. The highest BCUT2D eigenvalue weighted by Crippen LogP contribution is 2.25. The molecule has 0 spiro atoms. The summed E-state index contributed by atoms with van der Waals surface area (Å²) >= 11 is 0. The van der Waals surface area contributed by atoms with Crippen molar-refractivity contribution in [2.75, 3.05) is 10.6 Å². The van der Waals surface area contributed by atoms with Gasteiger partial charge in [0, 0.05) is 18.7 Å². The third-order valence-corrected chi connectivity index (χ3v) is 5.96. The van der Waals surface area contributed by atoms with Gasteiger partial charge in [0.15, 0.2) is 0 Å². The zero-order chi connectivity index (χ0) is 21.9. The van der Waals surface area contributed by atoms with Crippen LogP contribution in [0.4, 0.5) is 11.4 Å². The fourth-order valence-electron chi connectivity index (χ4n) is 3.33. The number of benzene rings is 3. The van der Waals surface area contributed by atoms with E-state index in [1.807, 2.05) is 42.5 Å². The number of carbonyl (C=O) groups is 1. The lowest BCUT2D eigenvalue weighted by Crippen LogP contribution is -2.47. The van der Waals surface area contributed by atoms with Crippen molar-refractivity contribution in [3.8, 4) is 0 Å². The standard InChI is InChI=1S/C21H21N3O5S/c1-15(23(30(2,28)29)18-10-6-11-19(13-18)24(26)27)21(25)22-14-17-9-5-8-16-7-3-4-12-20(16)17/h3-13,15H,14H2,1-2H3,(H,22,25)/t15-/m0/s1. The van der Waals surface area contributed by atoms with Gasteiger partial charge >= 0.3 is 0 Å². The van der Waals surface area contributed by atoms with Crippen LogP contribution in [-0.4, -0.2) is 31.5 Å². The third kappa shape index (κ3) is 4.57. The van der Waals surface area contributed by atoms with Crippen LogP contribution in [0.25, 0.3) is 10.8 Å². The molecule has 30 heavy (non-hydrogen) atoms. The van der Waals surface area contributed by atoms with E-state index in [1.54, 1.807) is 0 Å². The normalized spacial score (nSPS) is 12.3. The summed E-state index contributed by atoms with van der Waals surface area (Å²) in [6.45, 7) is 1.66. The van der Waals surface area contributed by atoms with Crippen molar-refractivity contribution >= 4 is 38.1 Å². The van der Waals surface area contributed by atoms with E-state index in [-0.39, 0.29) is 17.9 Å². The van der Waals surface area contributed by atoms with Gasteiger partial charge in [0.05, 0.1) is 16.9 Å². The predicted octanol–water partition coefficient (Wildman–Crippen LogP) is 3.22. The lowest BCUT2D eigenvalue weighted by Gasteiger charge is -2.28. The van der Waals surface area contributed by atoms with Gasteiger partial charge < -0.3 is 5.32 Å². The first-order valence-corrected chi connectivity index (χ1v) is 11.0. The quantitative estimate of drug-likeness (QED) is 0.460. The summed E-state index contributed by atoms with van der Waals surface area (Å²) in [6, 6.07) is 17.6. The van der Waals surface area contributed by atoms with Crippen molar-refractivity contribution in [2.45, 2.75) is 19.5 Å². The fraction of sp³-hybridized carbons (Fsp3) is 0.190. The van der Waals surface area contributed by atoms with Gasteiger partial charge in [0.25, 0.3) is 5.69 Å².